The monoisotopic (exact) mass is 377 g/mol. The average Bonchev–Trinajstić information content (AvgIpc) is 2.66. The topological polar surface area (TPSA) is 68.2 Å². The molecular weight excluding hydrogens is 353 g/mol. The van der Waals surface area contributed by atoms with Gasteiger partial charge in [0.2, 0.25) is 0 Å². The maximum absolute atomic E-state index is 5.83. The molecule has 0 saturated heterocycles. The molecule has 0 atom stereocenters. The number of hydrogen-bond acceptors (Lipinski definition) is 2. The van der Waals surface area contributed by atoms with Crippen LogP contribution in [0.1, 0.15) is 45.1 Å². The van der Waals surface area contributed by atoms with Gasteiger partial charge in [-0.1, -0.05) is 0 Å². The average molecular weight is 377 g/mol. The standard InChI is InChI=1S/C13H23N5.HI/c1-13(2,3)17-12(14)15-8-10-9-18-7-5-4-6-11(18)16-10;/h9H,4-8H2,1-3H3,(H3,14,15,17);1H. The van der Waals surface area contributed by atoms with Crippen LogP contribution in [-0.2, 0) is 19.5 Å². The number of nitrogens with one attached hydrogen (secondary N) is 1. The second kappa shape index (κ2) is 6.58. The molecule has 0 spiro atoms. The first kappa shape index (κ1) is 16.3. The predicted molar refractivity (Wildman–Crippen MR) is 88.8 cm³/mol. The van der Waals surface area contributed by atoms with Crippen LogP contribution in [0.25, 0.3) is 0 Å². The molecule has 1 aromatic rings. The Balaban J connectivity index is 0.00000180. The molecule has 2 heterocycles. The van der Waals surface area contributed by atoms with Gasteiger partial charge in [0.25, 0.3) is 0 Å². The quantitative estimate of drug-likeness (QED) is 0.471. The summed E-state index contributed by atoms with van der Waals surface area (Å²) in [5, 5.41) is 3.14. The van der Waals surface area contributed by atoms with Crippen LogP contribution in [0, 0.1) is 0 Å². The molecule has 0 fully saturated rings. The Morgan fingerprint density at radius 3 is 2.84 bits per heavy atom. The highest BCUT2D eigenvalue weighted by molar-refractivity contribution is 14.0. The van der Waals surface area contributed by atoms with E-state index in [9.17, 15) is 0 Å². The van der Waals surface area contributed by atoms with Gasteiger partial charge in [-0.3, -0.25) is 0 Å². The third-order valence-electron chi connectivity index (χ3n) is 2.87. The fourth-order valence-corrected chi connectivity index (χ4v) is 2.14. The van der Waals surface area contributed by atoms with Gasteiger partial charge in [0.05, 0.1) is 12.2 Å². The molecule has 1 aliphatic rings. The van der Waals surface area contributed by atoms with Gasteiger partial charge in [-0.25, -0.2) is 9.98 Å². The fraction of sp³-hybridized carbons (Fsp3) is 0.692. The minimum Gasteiger partial charge on any atom is -0.370 e. The lowest BCUT2D eigenvalue weighted by atomic mass is 10.1. The van der Waals surface area contributed by atoms with Gasteiger partial charge in [0.15, 0.2) is 5.96 Å². The zero-order chi connectivity index (χ0) is 13.2. The van der Waals surface area contributed by atoms with Gasteiger partial charge in [0, 0.05) is 24.7 Å². The van der Waals surface area contributed by atoms with Crippen molar-refractivity contribution in [3.05, 3.63) is 17.7 Å². The van der Waals surface area contributed by atoms with Crippen molar-refractivity contribution in [1.29, 1.82) is 0 Å². The molecule has 108 valence electrons. The summed E-state index contributed by atoms with van der Waals surface area (Å²) in [6, 6.07) is 0. The maximum Gasteiger partial charge on any atom is 0.189 e. The van der Waals surface area contributed by atoms with Crippen LogP contribution >= 0.6 is 24.0 Å². The number of nitrogens with zero attached hydrogens (tertiary/aromatic N) is 3. The summed E-state index contributed by atoms with van der Waals surface area (Å²) in [6.45, 7) is 7.82. The van der Waals surface area contributed by atoms with Crippen molar-refractivity contribution in [2.45, 2.75) is 58.7 Å². The molecule has 5 nitrogen and oxygen atoms in total. The van der Waals surface area contributed by atoms with Gasteiger partial charge in [-0.05, 0) is 33.6 Å². The van der Waals surface area contributed by atoms with Gasteiger partial charge in [-0.2, -0.15) is 0 Å². The first-order valence-corrected chi connectivity index (χ1v) is 6.57. The highest BCUT2D eigenvalue weighted by Gasteiger charge is 2.12. The predicted octanol–water partition coefficient (Wildman–Crippen LogP) is 2.04. The largest absolute Gasteiger partial charge is 0.370 e. The van der Waals surface area contributed by atoms with Crippen LogP contribution in [0.5, 0.6) is 0 Å². The summed E-state index contributed by atoms with van der Waals surface area (Å²) in [5.41, 5.74) is 6.78. The summed E-state index contributed by atoms with van der Waals surface area (Å²) >= 11 is 0. The molecule has 3 N–H and O–H groups in total. The van der Waals surface area contributed by atoms with Gasteiger partial charge in [0.1, 0.15) is 5.82 Å². The SMILES string of the molecule is CC(C)(C)NC(N)=NCc1cn2c(n1)CCCC2.I. The van der Waals surface area contributed by atoms with Crippen molar-refractivity contribution < 1.29 is 0 Å². The van der Waals surface area contributed by atoms with Crippen molar-refractivity contribution in [1.82, 2.24) is 14.9 Å². The molecule has 0 saturated carbocycles. The van der Waals surface area contributed by atoms with E-state index in [0.29, 0.717) is 12.5 Å². The van der Waals surface area contributed by atoms with Crippen LogP contribution in [0.15, 0.2) is 11.2 Å². The van der Waals surface area contributed by atoms with Crippen molar-refractivity contribution >= 4 is 29.9 Å². The first-order valence-electron chi connectivity index (χ1n) is 6.57. The summed E-state index contributed by atoms with van der Waals surface area (Å²) in [6.07, 6.45) is 5.68. The van der Waals surface area contributed by atoms with Gasteiger partial charge >= 0.3 is 0 Å². The number of aryl methyl sites for hydroxylation is 2. The molecule has 2 rings (SSSR count). The lowest BCUT2D eigenvalue weighted by molar-refractivity contribution is 0.508. The number of halogens is 1. The van der Waals surface area contributed by atoms with Gasteiger partial charge < -0.3 is 15.6 Å². The van der Waals surface area contributed by atoms with Crippen molar-refractivity contribution in [3.63, 3.8) is 0 Å². The molecule has 0 aromatic carbocycles. The lowest BCUT2D eigenvalue weighted by Gasteiger charge is -2.20. The van der Waals surface area contributed by atoms with Crippen molar-refractivity contribution in [2.75, 3.05) is 0 Å². The molecule has 0 aliphatic carbocycles. The normalized spacial score (nSPS) is 15.6. The number of nitrogens with two attached hydrogens (primary N) is 1. The van der Waals surface area contributed by atoms with E-state index in [2.05, 4.69) is 46.8 Å². The van der Waals surface area contributed by atoms with E-state index in [1.807, 2.05) is 0 Å². The summed E-state index contributed by atoms with van der Waals surface area (Å²) in [7, 11) is 0. The number of guanidine groups is 1. The van der Waals surface area contributed by atoms with Crippen molar-refractivity contribution in [3.8, 4) is 0 Å². The first-order chi connectivity index (χ1) is 8.44. The Labute approximate surface area is 132 Å². The van der Waals surface area contributed by atoms with Crippen LogP contribution in [0.4, 0.5) is 0 Å². The molecule has 0 bridgehead atoms. The molecule has 19 heavy (non-hydrogen) atoms. The highest BCUT2D eigenvalue weighted by atomic mass is 127. The van der Waals surface area contributed by atoms with E-state index in [-0.39, 0.29) is 29.5 Å². The third-order valence-corrected chi connectivity index (χ3v) is 2.87. The van der Waals surface area contributed by atoms with E-state index in [0.717, 1.165) is 18.7 Å². The molecule has 0 radical (unpaired) electrons. The number of imidazole rings is 1. The Bertz CT molecular complexity index is 421. The Hall–Kier alpha value is -0.790. The maximum atomic E-state index is 5.83. The zero-order valence-corrected chi connectivity index (χ0v) is 14.3. The Morgan fingerprint density at radius 2 is 2.21 bits per heavy atom. The zero-order valence-electron chi connectivity index (χ0n) is 11.9. The molecule has 1 aromatic heterocycles. The molecule has 0 unspecified atom stereocenters. The van der Waals surface area contributed by atoms with E-state index < -0.39 is 0 Å². The van der Waals surface area contributed by atoms with Gasteiger partial charge in [-0.15, -0.1) is 24.0 Å². The van der Waals surface area contributed by atoms with E-state index in [1.54, 1.807) is 0 Å². The second-order valence-electron chi connectivity index (χ2n) is 5.88. The fourth-order valence-electron chi connectivity index (χ4n) is 2.14. The molecule has 0 amide bonds. The van der Waals surface area contributed by atoms with Crippen molar-refractivity contribution in [2.24, 2.45) is 10.7 Å². The smallest absolute Gasteiger partial charge is 0.189 e. The molecule has 1 aliphatic heterocycles. The number of aliphatic imine (C=N–C) groups is 1. The van der Waals surface area contributed by atoms with Crippen LogP contribution in [0.3, 0.4) is 0 Å². The number of aromatic nitrogens is 2. The van der Waals surface area contributed by atoms with Crippen LogP contribution in [-0.4, -0.2) is 21.0 Å². The van der Waals surface area contributed by atoms with Crippen LogP contribution in [0.2, 0.25) is 0 Å². The summed E-state index contributed by atoms with van der Waals surface area (Å²) < 4.78 is 2.24. The summed E-state index contributed by atoms with van der Waals surface area (Å²) in [5.74, 6) is 1.67. The number of fused-ring (bicyclic) bond motifs is 1. The number of hydrogen-bond donors (Lipinski definition) is 2. The van der Waals surface area contributed by atoms with Crippen LogP contribution < -0.4 is 11.1 Å². The van der Waals surface area contributed by atoms with E-state index >= 15 is 0 Å². The second-order valence-corrected chi connectivity index (χ2v) is 5.88. The summed E-state index contributed by atoms with van der Waals surface area (Å²) in [4.78, 5) is 8.92. The highest BCUT2D eigenvalue weighted by Crippen LogP contribution is 2.14. The Morgan fingerprint density at radius 1 is 1.47 bits per heavy atom. The minimum atomic E-state index is -0.0545. The lowest BCUT2D eigenvalue weighted by Crippen LogP contribution is -2.44. The molecule has 6 heteroatoms. The third kappa shape index (κ3) is 5.00. The van der Waals surface area contributed by atoms with E-state index in [1.165, 1.54) is 18.7 Å². The molecular formula is C13H24IN5. The minimum absolute atomic E-state index is 0. The Kier molecular flexibility index (Phi) is 5.64. The number of rotatable bonds is 2. The van der Waals surface area contributed by atoms with E-state index in [4.69, 9.17) is 5.73 Å².